The van der Waals surface area contributed by atoms with Crippen LogP contribution < -0.4 is 10.6 Å². The van der Waals surface area contributed by atoms with Gasteiger partial charge in [-0.1, -0.05) is 0 Å². The van der Waals surface area contributed by atoms with Crippen LogP contribution in [0.4, 0.5) is 8.78 Å². The van der Waals surface area contributed by atoms with E-state index >= 15 is 0 Å². The summed E-state index contributed by atoms with van der Waals surface area (Å²) >= 11 is 0. The molecule has 11 heteroatoms. The first-order valence-corrected chi connectivity index (χ1v) is 10.1. The number of nitrogens with zero attached hydrogens (tertiary/aromatic N) is 5. The molecule has 0 saturated carbocycles. The SMILES string of the molecule is Cc1nnc(CNC(=NCc2cc(F)ccc2F)NCCCN2CCOCC2)n1C.I. The number of aromatic nitrogens is 3. The number of halogens is 3. The zero-order valence-corrected chi connectivity index (χ0v) is 20.2. The topological polar surface area (TPSA) is 79.6 Å². The first kappa shape index (κ1) is 25.4. The molecule has 1 aromatic carbocycles. The molecule has 2 heterocycles. The molecule has 0 spiro atoms. The lowest BCUT2D eigenvalue weighted by molar-refractivity contribution is 0.0376. The normalized spacial score (nSPS) is 14.9. The highest BCUT2D eigenvalue weighted by Gasteiger charge is 2.10. The van der Waals surface area contributed by atoms with Crippen LogP contribution in [-0.2, 0) is 24.9 Å². The van der Waals surface area contributed by atoms with Crippen molar-refractivity contribution in [2.75, 3.05) is 39.4 Å². The monoisotopic (exact) mass is 549 g/mol. The van der Waals surface area contributed by atoms with Crippen molar-refractivity contribution < 1.29 is 13.5 Å². The van der Waals surface area contributed by atoms with Crippen LogP contribution in [0.2, 0.25) is 0 Å². The second kappa shape index (κ2) is 12.9. The fourth-order valence-electron chi connectivity index (χ4n) is 3.10. The molecule has 0 unspecified atom stereocenters. The van der Waals surface area contributed by atoms with Crippen molar-refractivity contribution in [3.05, 3.63) is 47.0 Å². The van der Waals surface area contributed by atoms with E-state index in [-0.39, 0.29) is 36.1 Å². The van der Waals surface area contributed by atoms with Gasteiger partial charge in [-0.3, -0.25) is 4.90 Å². The van der Waals surface area contributed by atoms with Crippen LogP contribution in [0.25, 0.3) is 0 Å². The van der Waals surface area contributed by atoms with Gasteiger partial charge in [-0.15, -0.1) is 34.2 Å². The van der Waals surface area contributed by atoms with Gasteiger partial charge >= 0.3 is 0 Å². The van der Waals surface area contributed by atoms with Crippen molar-refractivity contribution in [2.24, 2.45) is 12.0 Å². The highest BCUT2D eigenvalue weighted by molar-refractivity contribution is 14.0. The highest BCUT2D eigenvalue weighted by Crippen LogP contribution is 2.10. The first-order valence-electron chi connectivity index (χ1n) is 10.1. The average Bonchev–Trinajstić information content (AvgIpc) is 3.07. The van der Waals surface area contributed by atoms with E-state index < -0.39 is 11.6 Å². The zero-order chi connectivity index (χ0) is 21.3. The van der Waals surface area contributed by atoms with E-state index in [1.165, 1.54) is 6.07 Å². The van der Waals surface area contributed by atoms with E-state index in [9.17, 15) is 8.78 Å². The molecule has 0 amide bonds. The molecule has 2 N–H and O–H groups in total. The van der Waals surface area contributed by atoms with Crippen molar-refractivity contribution in [2.45, 2.75) is 26.4 Å². The minimum Gasteiger partial charge on any atom is -0.379 e. The Balaban J connectivity index is 0.00000341. The Morgan fingerprint density at radius 1 is 1.19 bits per heavy atom. The number of hydrogen-bond acceptors (Lipinski definition) is 5. The largest absolute Gasteiger partial charge is 0.379 e. The van der Waals surface area contributed by atoms with E-state index in [2.05, 4.69) is 30.7 Å². The molecular weight excluding hydrogens is 519 g/mol. The van der Waals surface area contributed by atoms with Gasteiger partial charge in [0.15, 0.2) is 11.8 Å². The minimum atomic E-state index is -0.482. The van der Waals surface area contributed by atoms with Crippen LogP contribution in [0.1, 0.15) is 23.6 Å². The van der Waals surface area contributed by atoms with E-state index in [0.29, 0.717) is 19.0 Å². The fraction of sp³-hybridized carbons (Fsp3) is 0.550. The number of benzene rings is 1. The number of ether oxygens (including phenoxy) is 1. The number of rotatable bonds is 8. The fourth-order valence-corrected chi connectivity index (χ4v) is 3.10. The molecule has 1 aliphatic rings. The average molecular weight is 549 g/mol. The maximum Gasteiger partial charge on any atom is 0.191 e. The Labute approximate surface area is 198 Å². The lowest BCUT2D eigenvalue weighted by Crippen LogP contribution is -2.40. The van der Waals surface area contributed by atoms with Crippen molar-refractivity contribution in [3.63, 3.8) is 0 Å². The van der Waals surface area contributed by atoms with Gasteiger partial charge in [-0.2, -0.15) is 0 Å². The molecule has 172 valence electrons. The Hall–Kier alpha value is -1.86. The third-order valence-electron chi connectivity index (χ3n) is 5.06. The van der Waals surface area contributed by atoms with Crippen LogP contribution >= 0.6 is 24.0 Å². The molecule has 1 saturated heterocycles. The summed E-state index contributed by atoms with van der Waals surface area (Å²) in [6.45, 7) is 7.43. The third-order valence-corrected chi connectivity index (χ3v) is 5.06. The first-order chi connectivity index (χ1) is 14.5. The summed E-state index contributed by atoms with van der Waals surface area (Å²) in [4.78, 5) is 6.79. The number of morpholine rings is 1. The van der Waals surface area contributed by atoms with Gasteiger partial charge in [0.1, 0.15) is 17.5 Å². The van der Waals surface area contributed by atoms with Gasteiger partial charge in [0.05, 0.1) is 26.3 Å². The number of hydrogen-bond donors (Lipinski definition) is 2. The van der Waals surface area contributed by atoms with Crippen LogP contribution in [0.15, 0.2) is 23.2 Å². The van der Waals surface area contributed by atoms with Crippen molar-refractivity contribution in [1.29, 1.82) is 0 Å². The van der Waals surface area contributed by atoms with Crippen LogP contribution in [0.5, 0.6) is 0 Å². The summed E-state index contributed by atoms with van der Waals surface area (Å²) in [5.41, 5.74) is 0.207. The van der Waals surface area contributed by atoms with E-state index in [1.807, 2.05) is 18.5 Å². The standard InChI is InChI=1S/C20H29F2N7O.HI/c1-15-26-27-19(28(15)2)14-25-20(23-6-3-7-29-8-10-30-11-9-29)24-13-16-12-17(21)4-5-18(16)22;/h4-5,12H,3,6-11,13-14H2,1-2H3,(H2,23,24,25);1H. The molecule has 1 aliphatic heterocycles. The Bertz CT molecular complexity index is 856. The van der Waals surface area contributed by atoms with Crippen molar-refractivity contribution in [3.8, 4) is 0 Å². The molecular formula is C20H30F2IN7O. The van der Waals surface area contributed by atoms with Gasteiger partial charge in [-0.25, -0.2) is 13.8 Å². The van der Waals surface area contributed by atoms with Crippen LogP contribution in [0, 0.1) is 18.6 Å². The maximum atomic E-state index is 13.9. The van der Waals surface area contributed by atoms with Gasteiger partial charge in [-0.05, 0) is 38.1 Å². The van der Waals surface area contributed by atoms with E-state index in [1.54, 1.807) is 0 Å². The Morgan fingerprint density at radius 3 is 2.68 bits per heavy atom. The third kappa shape index (κ3) is 7.96. The Kier molecular flexibility index (Phi) is 10.5. The molecule has 1 fully saturated rings. The maximum absolute atomic E-state index is 13.9. The molecule has 0 radical (unpaired) electrons. The van der Waals surface area contributed by atoms with Crippen molar-refractivity contribution in [1.82, 2.24) is 30.3 Å². The van der Waals surface area contributed by atoms with Gasteiger partial charge in [0, 0.05) is 32.2 Å². The summed E-state index contributed by atoms with van der Waals surface area (Å²) in [7, 11) is 1.89. The second-order valence-electron chi connectivity index (χ2n) is 7.21. The quantitative estimate of drug-likeness (QED) is 0.227. The molecule has 31 heavy (non-hydrogen) atoms. The highest BCUT2D eigenvalue weighted by atomic mass is 127. The lowest BCUT2D eigenvalue weighted by Gasteiger charge is -2.26. The summed E-state index contributed by atoms with van der Waals surface area (Å²) in [5.74, 6) is 1.12. The van der Waals surface area contributed by atoms with Crippen LogP contribution in [-0.4, -0.2) is 65.0 Å². The molecule has 1 aromatic heterocycles. The minimum absolute atomic E-state index is 0. The Morgan fingerprint density at radius 2 is 1.97 bits per heavy atom. The summed E-state index contributed by atoms with van der Waals surface area (Å²) in [6, 6.07) is 3.38. The van der Waals surface area contributed by atoms with Gasteiger partial charge in [0.2, 0.25) is 0 Å². The van der Waals surface area contributed by atoms with Gasteiger partial charge in [0.25, 0.3) is 0 Å². The molecule has 0 bridgehead atoms. The predicted octanol–water partition coefficient (Wildman–Crippen LogP) is 1.98. The van der Waals surface area contributed by atoms with E-state index in [0.717, 1.165) is 63.1 Å². The smallest absolute Gasteiger partial charge is 0.191 e. The molecule has 8 nitrogen and oxygen atoms in total. The molecule has 2 aromatic rings. The van der Waals surface area contributed by atoms with Crippen LogP contribution in [0.3, 0.4) is 0 Å². The number of guanidine groups is 1. The van der Waals surface area contributed by atoms with Gasteiger partial charge < -0.3 is 19.9 Å². The predicted molar refractivity (Wildman–Crippen MR) is 125 cm³/mol. The molecule has 0 aliphatic carbocycles. The zero-order valence-electron chi connectivity index (χ0n) is 17.9. The summed E-state index contributed by atoms with van der Waals surface area (Å²) < 4.78 is 34.6. The molecule has 3 rings (SSSR count). The summed E-state index contributed by atoms with van der Waals surface area (Å²) in [6.07, 6.45) is 0.929. The van der Waals surface area contributed by atoms with E-state index in [4.69, 9.17) is 4.74 Å². The number of nitrogens with one attached hydrogen (secondary N) is 2. The van der Waals surface area contributed by atoms with Crippen molar-refractivity contribution >= 4 is 29.9 Å². The number of aryl methyl sites for hydroxylation is 1. The number of aliphatic imine (C=N–C) groups is 1. The summed E-state index contributed by atoms with van der Waals surface area (Å²) in [5, 5.41) is 14.6. The lowest BCUT2D eigenvalue weighted by atomic mass is 10.2. The second-order valence-corrected chi connectivity index (χ2v) is 7.21. The molecule has 0 atom stereocenters.